The molecule has 1 fully saturated rings. The van der Waals surface area contributed by atoms with Gasteiger partial charge in [-0.25, -0.2) is 21.5 Å². The first kappa shape index (κ1) is 15.3. The molecule has 1 heterocycles. The van der Waals surface area contributed by atoms with Crippen LogP contribution >= 0.6 is 0 Å². The average molecular weight is 312 g/mol. The number of hydrogen-bond donors (Lipinski definition) is 3. The number of rotatable bonds is 4. The number of carbonyl (C=O) groups excluding carboxylic acids is 1. The Kier molecular flexibility index (Phi) is 4.18. The van der Waals surface area contributed by atoms with Gasteiger partial charge in [0.05, 0.1) is 12.0 Å². The van der Waals surface area contributed by atoms with E-state index in [9.17, 15) is 4.79 Å². The molecule has 0 radical (unpaired) electrons. The quantitative estimate of drug-likeness (QED) is 0.459. The van der Waals surface area contributed by atoms with Gasteiger partial charge < -0.3 is 4.42 Å². The Balaban J connectivity index is 2.01. The average Bonchev–Trinajstić information content (AvgIpc) is 3.33. The van der Waals surface area contributed by atoms with Crippen molar-refractivity contribution in [2.75, 3.05) is 5.01 Å². The summed E-state index contributed by atoms with van der Waals surface area (Å²) in [5.74, 6) is 12.4. The third-order valence-corrected chi connectivity index (χ3v) is 3.90. The summed E-state index contributed by atoms with van der Waals surface area (Å²) in [5, 5.41) is 1.03. The molecule has 0 spiro atoms. The van der Waals surface area contributed by atoms with Gasteiger partial charge >= 0.3 is 6.03 Å². The number of anilines is 1. The molecule has 3 rings (SSSR count). The number of nitrogens with two attached hydrogens (primary N) is 2. The summed E-state index contributed by atoms with van der Waals surface area (Å²) in [6, 6.07) is 7.15. The van der Waals surface area contributed by atoms with E-state index in [0.717, 1.165) is 34.7 Å². The number of nitrogens with one attached hydrogen (secondary N) is 1. The number of hydrazine groups is 2. The molecular formula is C17H20N4O2. The number of aryl methyl sites for hydroxylation is 1. The Bertz CT molecular complexity index is 747. The molecule has 0 saturated heterocycles. The largest absolute Gasteiger partial charge is 0.465 e. The Morgan fingerprint density at radius 2 is 2.17 bits per heavy atom. The van der Waals surface area contributed by atoms with Crippen molar-refractivity contribution in [3.05, 3.63) is 53.0 Å². The van der Waals surface area contributed by atoms with Crippen molar-refractivity contribution in [2.45, 2.75) is 25.7 Å². The smallest absolute Gasteiger partial charge is 0.350 e. The minimum Gasteiger partial charge on any atom is -0.465 e. The van der Waals surface area contributed by atoms with E-state index in [4.69, 9.17) is 16.1 Å². The van der Waals surface area contributed by atoms with Crippen LogP contribution in [-0.2, 0) is 0 Å². The Hall–Kier alpha value is -2.57. The van der Waals surface area contributed by atoms with Crippen molar-refractivity contribution in [3.8, 4) is 0 Å². The number of benzene rings is 1. The van der Waals surface area contributed by atoms with Crippen molar-refractivity contribution < 1.29 is 9.21 Å². The molecule has 1 aromatic carbocycles. The van der Waals surface area contributed by atoms with Crippen LogP contribution in [0.4, 0.5) is 10.5 Å². The molecule has 2 aromatic rings. The topological polar surface area (TPSA) is 97.5 Å². The standard InChI is InChI=1S/C17H20N4O2/c1-11-9-13(23-10-11)7-8-15-14(12-5-6-12)3-2-4-16(15)21(19)17(22)20-18/h2-4,7-10,12H,5-6,18-19H2,1H3,(H,20,22)/b8-7+. The zero-order valence-electron chi connectivity index (χ0n) is 13.0. The molecule has 0 unspecified atom stereocenters. The summed E-state index contributed by atoms with van der Waals surface area (Å²) in [6.07, 6.45) is 7.82. The van der Waals surface area contributed by atoms with Crippen molar-refractivity contribution in [2.24, 2.45) is 11.7 Å². The van der Waals surface area contributed by atoms with Gasteiger partial charge in [-0.15, -0.1) is 0 Å². The van der Waals surface area contributed by atoms with Crippen LogP contribution < -0.4 is 22.1 Å². The van der Waals surface area contributed by atoms with Crippen LogP contribution in [0, 0.1) is 6.92 Å². The van der Waals surface area contributed by atoms with Gasteiger partial charge in [0.25, 0.3) is 0 Å². The van der Waals surface area contributed by atoms with Gasteiger partial charge in [-0.3, -0.25) is 5.43 Å². The predicted molar refractivity (Wildman–Crippen MR) is 90.2 cm³/mol. The van der Waals surface area contributed by atoms with Crippen molar-refractivity contribution in [1.82, 2.24) is 5.43 Å². The minimum atomic E-state index is -0.568. The van der Waals surface area contributed by atoms with E-state index in [-0.39, 0.29) is 0 Å². The highest BCUT2D eigenvalue weighted by Crippen LogP contribution is 2.44. The molecule has 1 aliphatic rings. The molecule has 120 valence electrons. The highest BCUT2D eigenvalue weighted by atomic mass is 16.3. The molecule has 0 aliphatic heterocycles. The van der Waals surface area contributed by atoms with Gasteiger partial charge in [0.1, 0.15) is 5.76 Å². The van der Waals surface area contributed by atoms with E-state index in [2.05, 4.69) is 11.5 Å². The molecule has 5 N–H and O–H groups in total. The van der Waals surface area contributed by atoms with E-state index in [1.807, 2.05) is 31.2 Å². The highest BCUT2D eigenvalue weighted by Gasteiger charge is 2.27. The van der Waals surface area contributed by atoms with E-state index in [0.29, 0.717) is 11.6 Å². The predicted octanol–water partition coefficient (Wildman–Crippen LogP) is 2.90. The van der Waals surface area contributed by atoms with Gasteiger partial charge in [0, 0.05) is 5.56 Å². The SMILES string of the molecule is Cc1coc(/C=C/c2c(C3CC3)cccc2N(N)C(=O)NN)c1. The number of carbonyl (C=O) groups is 1. The molecule has 1 saturated carbocycles. The molecule has 23 heavy (non-hydrogen) atoms. The van der Waals surface area contributed by atoms with Crippen molar-refractivity contribution in [3.63, 3.8) is 0 Å². The second-order valence-corrected chi connectivity index (χ2v) is 5.73. The maximum Gasteiger partial charge on any atom is 0.350 e. The van der Waals surface area contributed by atoms with Gasteiger partial charge in [-0.05, 0) is 61.1 Å². The maximum absolute atomic E-state index is 11.8. The molecule has 6 nitrogen and oxygen atoms in total. The second-order valence-electron chi connectivity index (χ2n) is 5.73. The van der Waals surface area contributed by atoms with Crippen LogP contribution in [0.3, 0.4) is 0 Å². The highest BCUT2D eigenvalue weighted by molar-refractivity contribution is 5.94. The number of urea groups is 1. The lowest BCUT2D eigenvalue weighted by atomic mass is 10.00. The van der Waals surface area contributed by atoms with Gasteiger partial charge in [0.2, 0.25) is 0 Å². The van der Waals surface area contributed by atoms with Gasteiger partial charge in [0.15, 0.2) is 0 Å². The Morgan fingerprint density at radius 3 is 2.78 bits per heavy atom. The van der Waals surface area contributed by atoms with E-state index in [1.165, 1.54) is 5.56 Å². The van der Waals surface area contributed by atoms with Crippen LogP contribution in [0.15, 0.2) is 34.9 Å². The number of nitrogens with zero attached hydrogens (tertiary/aromatic N) is 1. The normalized spacial score (nSPS) is 14.2. The molecule has 0 bridgehead atoms. The van der Waals surface area contributed by atoms with Crippen LogP contribution in [0.25, 0.3) is 12.2 Å². The van der Waals surface area contributed by atoms with Crippen LogP contribution in [0.2, 0.25) is 0 Å². The van der Waals surface area contributed by atoms with Gasteiger partial charge in [-0.1, -0.05) is 12.1 Å². The van der Waals surface area contributed by atoms with E-state index in [1.54, 1.807) is 12.3 Å². The molecule has 0 atom stereocenters. The molecule has 1 aliphatic carbocycles. The summed E-state index contributed by atoms with van der Waals surface area (Å²) in [4.78, 5) is 11.8. The van der Waals surface area contributed by atoms with Crippen LogP contribution in [0.5, 0.6) is 0 Å². The van der Waals surface area contributed by atoms with E-state index >= 15 is 0 Å². The first-order valence-corrected chi connectivity index (χ1v) is 7.51. The minimum absolute atomic E-state index is 0.516. The molecule has 1 aromatic heterocycles. The molecular weight excluding hydrogens is 292 g/mol. The third kappa shape index (κ3) is 3.28. The summed E-state index contributed by atoms with van der Waals surface area (Å²) in [6.45, 7) is 1.97. The summed E-state index contributed by atoms with van der Waals surface area (Å²) in [7, 11) is 0. The zero-order valence-corrected chi connectivity index (χ0v) is 13.0. The fraction of sp³-hybridized carbons (Fsp3) is 0.235. The zero-order chi connectivity index (χ0) is 16.4. The Labute approximate surface area is 134 Å². The van der Waals surface area contributed by atoms with Crippen molar-refractivity contribution >= 4 is 23.9 Å². The maximum atomic E-state index is 11.8. The summed E-state index contributed by atoms with van der Waals surface area (Å²) < 4.78 is 5.44. The molecule has 2 amide bonds. The van der Waals surface area contributed by atoms with Gasteiger partial charge in [-0.2, -0.15) is 0 Å². The third-order valence-electron chi connectivity index (χ3n) is 3.90. The van der Waals surface area contributed by atoms with Crippen LogP contribution in [-0.4, -0.2) is 6.03 Å². The van der Waals surface area contributed by atoms with Crippen molar-refractivity contribution in [1.29, 1.82) is 0 Å². The first-order valence-electron chi connectivity index (χ1n) is 7.51. The second kappa shape index (κ2) is 6.28. The fourth-order valence-electron chi connectivity index (χ4n) is 2.60. The number of amides is 2. The monoisotopic (exact) mass is 312 g/mol. The lowest BCUT2D eigenvalue weighted by molar-refractivity contribution is 0.246. The van der Waals surface area contributed by atoms with E-state index < -0.39 is 6.03 Å². The first-order chi connectivity index (χ1) is 11.1. The summed E-state index contributed by atoms with van der Waals surface area (Å²) >= 11 is 0. The lowest BCUT2D eigenvalue weighted by Crippen LogP contribution is -2.48. The molecule has 6 heteroatoms. The lowest BCUT2D eigenvalue weighted by Gasteiger charge is -2.20. The fourth-order valence-corrected chi connectivity index (χ4v) is 2.60. The number of hydrogen-bond acceptors (Lipinski definition) is 4. The number of furan rings is 1. The van der Waals surface area contributed by atoms with Crippen LogP contribution in [0.1, 0.15) is 41.2 Å². The Morgan fingerprint density at radius 1 is 1.39 bits per heavy atom. The summed E-state index contributed by atoms with van der Waals surface area (Å²) in [5.41, 5.74) is 5.81.